The number of thioether (sulfide) groups is 1. The molecule has 1 atom stereocenters. The number of rotatable bonds is 2. The van der Waals surface area contributed by atoms with Crippen LogP contribution < -0.4 is 0 Å². The second-order valence-electron chi connectivity index (χ2n) is 2.97. The van der Waals surface area contributed by atoms with Gasteiger partial charge >= 0.3 is 6.18 Å². The maximum absolute atomic E-state index is 11.9. The average Bonchev–Trinajstić information content (AvgIpc) is 2.04. The van der Waals surface area contributed by atoms with Crippen molar-refractivity contribution in [2.45, 2.75) is 12.3 Å². The van der Waals surface area contributed by atoms with Crippen molar-refractivity contribution in [2.24, 2.45) is 0 Å². The first-order valence-electron chi connectivity index (χ1n) is 4.05. The molecule has 0 aliphatic carbocycles. The summed E-state index contributed by atoms with van der Waals surface area (Å²) < 4.78 is 35.8. The molecule has 0 bridgehead atoms. The quantitative estimate of drug-likeness (QED) is 0.742. The van der Waals surface area contributed by atoms with Crippen LogP contribution in [-0.4, -0.2) is 53.4 Å². The monoisotopic (exact) mass is 215 g/mol. The van der Waals surface area contributed by atoms with Gasteiger partial charge in [0.25, 0.3) is 0 Å². The summed E-state index contributed by atoms with van der Waals surface area (Å²) in [6, 6.07) is 0. The number of aliphatic hydroxyl groups excluding tert-OH is 1. The SMILES string of the molecule is OC(CN1CCSCC1)C(F)(F)F. The lowest BCUT2D eigenvalue weighted by Crippen LogP contribution is -2.44. The summed E-state index contributed by atoms with van der Waals surface area (Å²) in [5, 5.41) is 8.76. The van der Waals surface area contributed by atoms with Crippen molar-refractivity contribution in [1.29, 1.82) is 0 Å². The summed E-state index contributed by atoms with van der Waals surface area (Å²) in [5.41, 5.74) is 0. The highest BCUT2D eigenvalue weighted by Gasteiger charge is 2.39. The van der Waals surface area contributed by atoms with E-state index in [1.165, 1.54) is 0 Å². The Balaban J connectivity index is 2.30. The zero-order valence-electron chi connectivity index (χ0n) is 7.05. The van der Waals surface area contributed by atoms with Gasteiger partial charge in [-0.2, -0.15) is 24.9 Å². The van der Waals surface area contributed by atoms with E-state index in [9.17, 15) is 13.2 Å². The number of halogens is 3. The van der Waals surface area contributed by atoms with Crippen molar-refractivity contribution in [2.75, 3.05) is 31.1 Å². The molecule has 0 saturated carbocycles. The molecule has 1 aliphatic heterocycles. The number of hydrogen-bond donors (Lipinski definition) is 1. The first-order valence-corrected chi connectivity index (χ1v) is 5.20. The number of alkyl halides is 3. The molecular formula is C7H12F3NOS. The first kappa shape index (κ1) is 11.1. The lowest BCUT2D eigenvalue weighted by molar-refractivity contribution is -0.207. The molecule has 1 fully saturated rings. The topological polar surface area (TPSA) is 23.5 Å². The fourth-order valence-corrected chi connectivity index (χ4v) is 2.11. The Bertz CT molecular complexity index is 158. The van der Waals surface area contributed by atoms with E-state index in [1.54, 1.807) is 16.7 Å². The van der Waals surface area contributed by atoms with Gasteiger partial charge in [0.2, 0.25) is 0 Å². The van der Waals surface area contributed by atoms with Gasteiger partial charge in [-0.25, -0.2) is 0 Å². The van der Waals surface area contributed by atoms with Crippen LogP contribution in [0.2, 0.25) is 0 Å². The molecular weight excluding hydrogens is 203 g/mol. The minimum atomic E-state index is -4.48. The third kappa shape index (κ3) is 3.74. The molecule has 0 aromatic rings. The summed E-state index contributed by atoms with van der Waals surface area (Å²) >= 11 is 1.73. The normalized spacial score (nSPS) is 23.1. The lowest BCUT2D eigenvalue weighted by Gasteiger charge is -2.28. The summed E-state index contributed by atoms with van der Waals surface area (Å²) in [4.78, 5) is 1.65. The molecule has 1 N–H and O–H groups in total. The third-order valence-electron chi connectivity index (χ3n) is 1.91. The van der Waals surface area contributed by atoms with Gasteiger partial charge in [0.15, 0.2) is 6.10 Å². The average molecular weight is 215 g/mol. The highest BCUT2D eigenvalue weighted by atomic mass is 32.2. The van der Waals surface area contributed by atoms with Gasteiger partial charge in [0, 0.05) is 31.1 Å². The van der Waals surface area contributed by atoms with Gasteiger partial charge < -0.3 is 5.11 Å². The van der Waals surface area contributed by atoms with E-state index in [4.69, 9.17) is 5.11 Å². The fraction of sp³-hybridized carbons (Fsp3) is 1.00. The Kier molecular flexibility index (Phi) is 3.87. The van der Waals surface area contributed by atoms with Crippen molar-refractivity contribution in [3.63, 3.8) is 0 Å². The van der Waals surface area contributed by atoms with E-state index < -0.39 is 12.3 Å². The van der Waals surface area contributed by atoms with Crippen molar-refractivity contribution >= 4 is 11.8 Å². The lowest BCUT2D eigenvalue weighted by atomic mass is 10.3. The second-order valence-corrected chi connectivity index (χ2v) is 4.20. The highest BCUT2D eigenvalue weighted by molar-refractivity contribution is 7.99. The van der Waals surface area contributed by atoms with Crippen molar-refractivity contribution in [3.8, 4) is 0 Å². The molecule has 0 amide bonds. The van der Waals surface area contributed by atoms with Gasteiger partial charge in [-0.15, -0.1) is 0 Å². The molecule has 1 rings (SSSR count). The Morgan fingerprint density at radius 1 is 1.31 bits per heavy atom. The van der Waals surface area contributed by atoms with E-state index in [0.717, 1.165) is 11.5 Å². The van der Waals surface area contributed by atoms with Crippen LogP contribution in [0.1, 0.15) is 0 Å². The van der Waals surface area contributed by atoms with E-state index in [0.29, 0.717) is 13.1 Å². The zero-order chi connectivity index (χ0) is 9.90. The standard InChI is InChI=1S/C7H12F3NOS/c8-7(9,10)6(12)5-11-1-3-13-4-2-11/h6,12H,1-5H2. The molecule has 1 aliphatic rings. The van der Waals surface area contributed by atoms with Crippen LogP contribution in [0.4, 0.5) is 13.2 Å². The molecule has 0 spiro atoms. The van der Waals surface area contributed by atoms with Crippen LogP contribution in [0.15, 0.2) is 0 Å². The minimum absolute atomic E-state index is 0.288. The van der Waals surface area contributed by atoms with Crippen LogP contribution in [0.25, 0.3) is 0 Å². The molecule has 0 aromatic carbocycles. The Morgan fingerprint density at radius 2 is 1.85 bits per heavy atom. The van der Waals surface area contributed by atoms with Crippen molar-refractivity contribution in [3.05, 3.63) is 0 Å². The van der Waals surface area contributed by atoms with E-state index >= 15 is 0 Å². The van der Waals surface area contributed by atoms with E-state index in [1.807, 2.05) is 0 Å². The minimum Gasteiger partial charge on any atom is -0.382 e. The van der Waals surface area contributed by atoms with Gasteiger partial charge in [0.1, 0.15) is 0 Å². The van der Waals surface area contributed by atoms with Gasteiger partial charge in [0.05, 0.1) is 0 Å². The smallest absolute Gasteiger partial charge is 0.382 e. The summed E-state index contributed by atoms with van der Waals surface area (Å²) in [6.07, 6.45) is -6.68. The number of aliphatic hydroxyl groups is 1. The Hall–Kier alpha value is 0.0600. The summed E-state index contributed by atoms with van der Waals surface area (Å²) in [5.74, 6) is 1.70. The second kappa shape index (κ2) is 4.52. The molecule has 0 radical (unpaired) electrons. The fourth-order valence-electron chi connectivity index (χ4n) is 1.13. The Morgan fingerprint density at radius 3 is 2.31 bits per heavy atom. The summed E-state index contributed by atoms with van der Waals surface area (Å²) in [6.45, 7) is 0.986. The van der Waals surface area contributed by atoms with Crippen LogP contribution in [0, 0.1) is 0 Å². The van der Waals surface area contributed by atoms with Crippen molar-refractivity contribution < 1.29 is 18.3 Å². The van der Waals surface area contributed by atoms with E-state index in [-0.39, 0.29) is 6.54 Å². The third-order valence-corrected chi connectivity index (χ3v) is 2.86. The molecule has 13 heavy (non-hydrogen) atoms. The molecule has 6 heteroatoms. The van der Waals surface area contributed by atoms with Gasteiger partial charge in [-0.1, -0.05) is 0 Å². The van der Waals surface area contributed by atoms with Gasteiger partial charge in [-0.05, 0) is 0 Å². The number of β-amino-alcohol motifs (C(OH)–C–C–N with tert-alkyl or cyclic N) is 1. The predicted octanol–water partition coefficient (Wildman–Crippen LogP) is 0.958. The van der Waals surface area contributed by atoms with Crippen LogP contribution in [0.5, 0.6) is 0 Å². The van der Waals surface area contributed by atoms with E-state index in [2.05, 4.69) is 0 Å². The molecule has 2 nitrogen and oxygen atoms in total. The maximum atomic E-state index is 11.9. The molecule has 78 valence electrons. The maximum Gasteiger partial charge on any atom is 0.415 e. The molecule has 1 unspecified atom stereocenters. The summed E-state index contributed by atoms with van der Waals surface area (Å²) in [7, 11) is 0. The van der Waals surface area contributed by atoms with Crippen LogP contribution in [0.3, 0.4) is 0 Å². The zero-order valence-corrected chi connectivity index (χ0v) is 7.87. The first-order chi connectivity index (χ1) is 6.00. The largest absolute Gasteiger partial charge is 0.415 e. The molecule has 1 heterocycles. The van der Waals surface area contributed by atoms with Crippen molar-refractivity contribution in [1.82, 2.24) is 4.90 Å². The highest BCUT2D eigenvalue weighted by Crippen LogP contribution is 2.21. The van der Waals surface area contributed by atoms with Crippen LogP contribution in [-0.2, 0) is 0 Å². The number of nitrogens with zero attached hydrogens (tertiary/aromatic N) is 1. The predicted molar refractivity (Wildman–Crippen MR) is 45.8 cm³/mol. The molecule has 1 saturated heterocycles. The molecule has 0 aromatic heterocycles. The number of hydrogen-bond acceptors (Lipinski definition) is 3. The van der Waals surface area contributed by atoms with Crippen LogP contribution >= 0.6 is 11.8 Å². The van der Waals surface area contributed by atoms with Gasteiger partial charge in [-0.3, -0.25) is 4.90 Å². The Labute approximate surface area is 79.1 Å².